The molecule has 182 valence electrons. The van der Waals surface area contributed by atoms with Crippen LogP contribution in [0.5, 0.6) is 5.75 Å². The minimum Gasteiger partial charge on any atom is -0.406 e. The third-order valence-electron chi connectivity index (χ3n) is 4.68. The van der Waals surface area contributed by atoms with Crippen LogP contribution in [0.15, 0.2) is 65.6 Å². The van der Waals surface area contributed by atoms with Crippen molar-refractivity contribution in [2.75, 3.05) is 37.4 Å². The molecule has 0 radical (unpaired) electrons. The van der Waals surface area contributed by atoms with Crippen molar-refractivity contribution in [3.8, 4) is 5.75 Å². The first-order valence-electron chi connectivity index (χ1n) is 10.1. The molecule has 0 saturated carbocycles. The molecule has 2 amide bonds. The number of nitrogens with one attached hydrogen (secondary N) is 3. The van der Waals surface area contributed by atoms with Gasteiger partial charge in [0.25, 0.3) is 0 Å². The highest BCUT2D eigenvalue weighted by Gasteiger charge is 2.31. The number of hydrogen-bond donors (Lipinski definition) is 3. The molecule has 0 aromatic heterocycles. The summed E-state index contributed by atoms with van der Waals surface area (Å²) in [7, 11) is -0.111. The van der Waals surface area contributed by atoms with E-state index < -0.39 is 28.2 Å². The summed E-state index contributed by atoms with van der Waals surface area (Å²) in [5, 5.41) is 6.27. The molecule has 0 heterocycles. The minimum absolute atomic E-state index is 0.0198. The van der Waals surface area contributed by atoms with E-state index in [9.17, 15) is 26.4 Å². The molecule has 34 heavy (non-hydrogen) atoms. The number of nitrogens with zero attached hydrogens (tertiary/aromatic N) is 1. The number of amides is 2. The van der Waals surface area contributed by atoms with Crippen LogP contribution in [0.25, 0.3) is 10.8 Å². The van der Waals surface area contributed by atoms with E-state index in [0.29, 0.717) is 5.39 Å². The highest BCUT2D eigenvalue weighted by Crippen LogP contribution is 2.30. The van der Waals surface area contributed by atoms with Crippen LogP contribution in [0.2, 0.25) is 0 Å². The van der Waals surface area contributed by atoms with Crippen LogP contribution < -0.4 is 25.0 Å². The molecule has 0 spiro atoms. The molecule has 3 aromatic rings. The van der Waals surface area contributed by atoms with Gasteiger partial charge in [0, 0.05) is 49.3 Å². The van der Waals surface area contributed by atoms with Crippen molar-refractivity contribution >= 4 is 38.2 Å². The summed E-state index contributed by atoms with van der Waals surface area (Å²) < 4.78 is 68.5. The minimum atomic E-state index is -4.81. The zero-order chi connectivity index (χ0) is 24.9. The Bertz CT molecular complexity index is 1260. The SMILES string of the molecule is CN(C)c1cccc2c(S(=O)(=O)NCCNC(=O)Nc3ccc(OC(F)(F)F)cc3)cccc12. The number of ether oxygens (including phenoxy) is 1. The van der Waals surface area contributed by atoms with Crippen LogP contribution in [0.1, 0.15) is 0 Å². The van der Waals surface area contributed by atoms with Crippen LogP contribution in [0, 0.1) is 0 Å². The second-order valence-corrected chi connectivity index (χ2v) is 9.11. The Labute approximate surface area is 194 Å². The lowest BCUT2D eigenvalue weighted by molar-refractivity contribution is -0.274. The Morgan fingerprint density at radius 2 is 1.59 bits per heavy atom. The number of urea groups is 1. The highest BCUT2D eigenvalue weighted by atomic mass is 32.2. The van der Waals surface area contributed by atoms with Crippen molar-refractivity contribution in [3.63, 3.8) is 0 Å². The van der Waals surface area contributed by atoms with Gasteiger partial charge in [0.15, 0.2) is 0 Å². The quantitative estimate of drug-likeness (QED) is 0.411. The standard InChI is InChI=1S/C22H23F3N4O4S/c1-29(2)19-7-3-6-18-17(19)5-4-8-20(18)34(31,32)27-14-13-26-21(30)28-15-9-11-16(12-10-15)33-22(23,24)25/h3-12,27H,13-14H2,1-2H3,(H2,26,28,30). The zero-order valence-electron chi connectivity index (χ0n) is 18.3. The van der Waals surface area contributed by atoms with Crippen LogP contribution in [0.4, 0.5) is 29.3 Å². The van der Waals surface area contributed by atoms with Gasteiger partial charge in [0.05, 0.1) is 4.90 Å². The summed E-state index contributed by atoms with van der Waals surface area (Å²) in [5.74, 6) is -0.418. The zero-order valence-corrected chi connectivity index (χ0v) is 19.1. The number of halogens is 3. The van der Waals surface area contributed by atoms with E-state index in [2.05, 4.69) is 20.1 Å². The van der Waals surface area contributed by atoms with Gasteiger partial charge in [-0.1, -0.05) is 24.3 Å². The lowest BCUT2D eigenvalue weighted by Gasteiger charge is -2.17. The van der Waals surface area contributed by atoms with Gasteiger partial charge < -0.3 is 20.3 Å². The smallest absolute Gasteiger partial charge is 0.406 e. The Kier molecular flexibility index (Phi) is 7.52. The average Bonchev–Trinajstić information content (AvgIpc) is 2.76. The number of sulfonamides is 1. The number of anilines is 2. The number of fused-ring (bicyclic) bond motifs is 1. The fourth-order valence-corrected chi connectivity index (χ4v) is 4.49. The van der Waals surface area contributed by atoms with E-state index >= 15 is 0 Å². The second kappa shape index (κ2) is 10.2. The van der Waals surface area contributed by atoms with Crippen molar-refractivity contribution in [1.29, 1.82) is 0 Å². The fourth-order valence-electron chi connectivity index (χ4n) is 3.24. The normalized spacial score (nSPS) is 11.8. The molecule has 0 saturated heterocycles. The Morgan fingerprint density at radius 1 is 0.941 bits per heavy atom. The monoisotopic (exact) mass is 496 g/mol. The predicted octanol–water partition coefficient (Wildman–Crippen LogP) is 3.90. The molecule has 0 aliphatic carbocycles. The van der Waals surface area contributed by atoms with E-state index in [4.69, 9.17) is 0 Å². The Hall–Kier alpha value is -3.51. The number of carbonyl (C=O) groups is 1. The topological polar surface area (TPSA) is 99.8 Å². The molecule has 0 aliphatic rings. The van der Waals surface area contributed by atoms with E-state index in [1.807, 2.05) is 31.1 Å². The molecule has 0 unspecified atom stereocenters. The third kappa shape index (κ3) is 6.51. The Balaban J connectivity index is 1.55. The first-order valence-corrected chi connectivity index (χ1v) is 11.5. The maximum Gasteiger partial charge on any atom is 0.573 e. The van der Waals surface area contributed by atoms with Gasteiger partial charge in [-0.2, -0.15) is 0 Å². The van der Waals surface area contributed by atoms with Gasteiger partial charge in [-0.3, -0.25) is 0 Å². The molecular formula is C22H23F3N4O4S. The average molecular weight is 497 g/mol. The van der Waals surface area contributed by atoms with E-state index in [1.165, 1.54) is 18.2 Å². The number of benzene rings is 3. The molecule has 8 nitrogen and oxygen atoms in total. The predicted molar refractivity (Wildman–Crippen MR) is 124 cm³/mol. The second-order valence-electron chi connectivity index (χ2n) is 7.37. The molecule has 0 fully saturated rings. The van der Waals surface area contributed by atoms with Gasteiger partial charge in [-0.15, -0.1) is 13.2 Å². The van der Waals surface area contributed by atoms with E-state index in [1.54, 1.807) is 18.2 Å². The van der Waals surface area contributed by atoms with Crippen molar-refractivity contribution < 1.29 is 31.1 Å². The first kappa shape index (κ1) is 25.1. The summed E-state index contributed by atoms with van der Waals surface area (Å²) >= 11 is 0. The maximum absolute atomic E-state index is 12.8. The summed E-state index contributed by atoms with van der Waals surface area (Å²) in [6, 6.07) is 14.4. The van der Waals surface area contributed by atoms with Crippen molar-refractivity contribution in [2.45, 2.75) is 11.3 Å². The molecular weight excluding hydrogens is 473 g/mol. The van der Waals surface area contributed by atoms with Crippen LogP contribution in [0.3, 0.4) is 0 Å². The van der Waals surface area contributed by atoms with E-state index in [0.717, 1.165) is 23.2 Å². The van der Waals surface area contributed by atoms with Crippen molar-refractivity contribution in [1.82, 2.24) is 10.0 Å². The molecule has 0 aliphatic heterocycles. The first-order chi connectivity index (χ1) is 16.0. The molecule has 0 bridgehead atoms. The molecule has 3 N–H and O–H groups in total. The van der Waals surface area contributed by atoms with Gasteiger partial charge in [-0.05, 0) is 36.4 Å². The molecule has 0 atom stereocenters. The van der Waals surface area contributed by atoms with Gasteiger partial charge in [0.2, 0.25) is 10.0 Å². The van der Waals surface area contributed by atoms with Gasteiger partial charge in [-0.25, -0.2) is 17.9 Å². The number of carbonyl (C=O) groups excluding carboxylic acids is 1. The van der Waals surface area contributed by atoms with Gasteiger partial charge in [0.1, 0.15) is 5.75 Å². The lowest BCUT2D eigenvalue weighted by Crippen LogP contribution is -2.36. The van der Waals surface area contributed by atoms with Crippen LogP contribution in [-0.2, 0) is 10.0 Å². The van der Waals surface area contributed by atoms with Crippen LogP contribution in [-0.4, -0.2) is 48.0 Å². The third-order valence-corrected chi connectivity index (χ3v) is 6.20. The number of rotatable bonds is 8. The van der Waals surface area contributed by atoms with E-state index in [-0.39, 0.29) is 23.7 Å². The highest BCUT2D eigenvalue weighted by molar-refractivity contribution is 7.89. The van der Waals surface area contributed by atoms with Crippen molar-refractivity contribution in [2.24, 2.45) is 0 Å². The fraction of sp³-hybridized carbons (Fsp3) is 0.227. The lowest BCUT2D eigenvalue weighted by atomic mass is 10.1. The van der Waals surface area contributed by atoms with Crippen molar-refractivity contribution in [3.05, 3.63) is 60.7 Å². The molecule has 3 rings (SSSR count). The number of hydrogen-bond acceptors (Lipinski definition) is 5. The maximum atomic E-state index is 12.8. The molecule has 12 heteroatoms. The van der Waals surface area contributed by atoms with Crippen LogP contribution >= 0.6 is 0 Å². The Morgan fingerprint density at radius 3 is 2.24 bits per heavy atom. The summed E-state index contributed by atoms with van der Waals surface area (Å²) in [6.07, 6.45) is -4.81. The summed E-state index contributed by atoms with van der Waals surface area (Å²) in [4.78, 5) is 14.0. The number of alkyl halides is 3. The molecule has 3 aromatic carbocycles. The summed E-state index contributed by atoms with van der Waals surface area (Å²) in [5.41, 5.74) is 1.12. The van der Waals surface area contributed by atoms with Gasteiger partial charge >= 0.3 is 12.4 Å². The summed E-state index contributed by atoms with van der Waals surface area (Å²) in [6.45, 7) is -0.0914. The largest absolute Gasteiger partial charge is 0.573 e.